The zero-order valence-corrected chi connectivity index (χ0v) is 15.9. The average molecular weight is 389 g/mol. The Morgan fingerprint density at radius 1 is 1.36 bits per heavy atom. The van der Waals surface area contributed by atoms with Crippen molar-refractivity contribution in [2.45, 2.75) is 38.3 Å². The summed E-state index contributed by atoms with van der Waals surface area (Å²) in [5, 5.41) is 9.75. The maximum Gasteiger partial charge on any atom is 0.341 e. The van der Waals surface area contributed by atoms with Crippen LogP contribution in [0.15, 0.2) is 16.9 Å². The van der Waals surface area contributed by atoms with Gasteiger partial charge >= 0.3 is 5.97 Å². The lowest BCUT2D eigenvalue weighted by atomic mass is 10.0. The van der Waals surface area contributed by atoms with Gasteiger partial charge < -0.3 is 25.0 Å². The van der Waals surface area contributed by atoms with Crippen LogP contribution in [0.1, 0.15) is 42.6 Å². The first-order valence-corrected chi connectivity index (χ1v) is 9.53. The second-order valence-corrected chi connectivity index (χ2v) is 7.80. The smallest absolute Gasteiger partial charge is 0.341 e. The Hall–Kier alpha value is -2.61. The summed E-state index contributed by atoms with van der Waals surface area (Å²) >= 11 is 0. The predicted molar refractivity (Wildman–Crippen MR) is 104 cm³/mol. The third-order valence-corrected chi connectivity index (χ3v) is 5.83. The number of aromatic carboxylic acids is 1. The number of nitrogens with zero attached hydrogens (tertiary/aromatic N) is 2. The summed E-state index contributed by atoms with van der Waals surface area (Å²) < 4.78 is 22.2. The van der Waals surface area contributed by atoms with Gasteiger partial charge in [-0.15, -0.1) is 0 Å². The van der Waals surface area contributed by atoms with E-state index in [4.69, 9.17) is 10.5 Å². The maximum atomic E-state index is 15.1. The maximum absolute atomic E-state index is 15.1. The van der Waals surface area contributed by atoms with Gasteiger partial charge in [-0.05, 0) is 44.2 Å². The molecule has 1 saturated carbocycles. The molecular weight excluding hydrogens is 365 g/mol. The van der Waals surface area contributed by atoms with Crippen LogP contribution in [0.25, 0.3) is 10.9 Å². The fourth-order valence-corrected chi connectivity index (χ4v) is 4.17. The highest BCUT2D eigenvalue weighted by Crippen LogP contribution is 2.44. The Labute approximate surface area is 161 Å². The average Bonchev–Trinajstić information content (AvgIpc) is 3.35. The Kier molecular flexibility index (Phi) is 4.53. The van der Waals surface area contributed by atoms with Gasteiger partial charge in [-0.25, -0.2) is 9.18 Å². The van der Waals surface area contributed by atoms with Gasteiger partial charge in [0.05, 0.1) is 12.6 Å². The lowest BCUT2D eigenvalue weighted by Crippen LogP contribution is -2.30. The van der Waals surface area contributed by atoms with Crippen LogP contribution in [-0.4, -0.2) is 41.9 Å². The normalized spacial score (nSPS) is 20.6. The van der Waals surface area contributed by atoms with E-state index < -0.39 is 17.3 Å². The number of halogens is 1. The molecule has 2 aromatic rings. The quantitative estimate of drug-likeness (QED) is 0.815. The van der Waals surface area contributed by atoms with Crippen LogP contribution in [-0.2, 0) is 0 Å². The lowest BCUT2D eigenvalue weighted by Gasteiger charge is -2.25. The number of ether oxygens (including phenoxy) is 1. The van der Waals surface area contributed by atoms with E-state index in [2.05, 4.69) is 0 Å². The molecule has 4 rings (SSSR count). The van der Waals surface area contributed by atoms with Gasteiger partial charge in [0.1, 0.15) is 11.3 Å². The first-order chi connectivity index (χ1) is 13.3. The van der Waals surface area contributed by atoms with E-state index in [1.54, 1.807) is 0 Å². The van der Waals surface area contributed by atoms with E-state index >= 15 is 4.39 Å². The van der Waals surface area contributed by atoms with Crippen molar-refractivity contribution >= 4 is 22.6 Å². The standard InChI is InChI=1S/C20H24FN3O4/c1-10(22)11-5-6-23(9-11)17-15(21)8-12-7-14(20(26)27)19(25)24(13-3-4-13)16(12)18(17)28-2/h7-8,10-11,13H,3-6,9,22H2,1-2H3,(H,26,27)/t10-,11+/m0/s1. The number of hydrogen-bond donors (Lipinski definition) is 2. The zero-order valence-electron chi connectivity index (χ0n) is 15.9. The molecule has 2 heterocycles. The van der Waals surface area contributed by atoms with Crippen LogP contribution >= 0.6 is 0 Å². The van der Waals surface area contributed by atoms with E-state index in [0.717, 1.165) is 19.3 Å². The number of methoxy groups -OCH3 is 1. The molecule has 1 aliphatic carbocycles. The molecule has 0 radical (unpaired) electrons. The number of benzene rings is 1. The van der Waals surface area contributed by atoms with Crippen LogP contribution in [0, 0.1) is 11.7 Å². The fraction of sp³-hybridized carbons (Fsp3) is 0.500. The van der Waals surface area contributed by atoms with Crippen molar-refractivity contribution in [1.29, 1.82) is 0 Å². The number of fused-ring (bicyclic) bond motifs is 1. The van der Waals surface area contributed by atoms with Crippen molar-refractivity contribution in [3.05, 3.63) is 33.9 Å². The van der Waals surface area contributed by atoms with Gasteiger partial charge in [0.25, 0.3) is 5.56 Å². The molecule has 2 atom stereocenters. The van der Waals surface area contributed by atoms with E-state index in [-0.39, 0.29) is 29.3 Å². The third kappa shape index (κ3) is 2.92. The molecule has 3 N–H and O–H groups in total. The molecule has 2 fully saturated rings. The minimum Gasteiger partial charge on any atom is -0.492 e. The van der Waals surface area contributed by atoms with Crippen LogP contribution in [0.4, 0.5) is 10.1 Å². The van der Waals surface area contributed by atoms with Crippen molar-refractivity contribution in [1.82, 2.24) is 4.57 Å². The molecule has 150 valence electrons. The number of nitrogens with two attached hydrogens (primary N) is 1. The SMILES string of the molecule is COc1c(N2CC[C@@H]([C@H](C)N)C2)c(F)cc2cc(C(=O)O)c(=O)n(C3CC3)c12. The predicted octanol–water partition coefficient (Wildman–Crippen LogP) is 2.36. The highest BCUT2D eigenvalue weighted by molar-refractivity contribution is 5.97. The van der Waals surface area contributed by atoms with E-state index in [9.17, 15) is 14.7 Å². The lowest BCUT2D eigenvalue weighted by molar-refractivity contribution is 0.0694. The van der Waals surface area contributed by atoms with Gasteiger partial charge in [-0.2, -0.15) is 0 Å². The molecule has 7 nitrogen and oxygen atoms in total. The molecule has 0 unspecified atom stereocenters. The topological polar surface area (TPSA) is 97.8 Å². The van der Waals surface area contributed by atoms with Crippen LogP contribution in [0.3, 0.4) is 0 Å². The minimum atomic E-state index is -1.32. The van der Waals surface area contributed by atoms with Crippen molar-refractivity contribution < 1.29 is 19.0 Å². The molecule has 0 amide bonds. The highest BCUT2D eigenvalue weighted by atomic mass is 19.1. The number of carbonyl (C=O) groups is 1. The molecular formula is C20H24FN3O4. The number of hydrogen-bond acceptors (Lipinski definition) is 5. The number of rotatable bonds is 5. The Balaban J connectivity index is 1.97. The van der Waals surface area contributed by atoms with E-state index in [1.807, 2.05) is 11.8 Å². The molecule has 28 heavy (non-hydrogen) atoms. The number of pyridine rings is 1. The van der Waals surface area contributed by atoms with Gasteiger partial charge in [-0.3, -0.25) is 4.79 Å². The second-order valence-electron chi connectivity index (χ2n) is 7.80. The molecule has 8 heteroatoms. The highest BCUT2D eigenvalue weighted by Gasteiger charge is 2.34. The summed E-state index contributed by atoms with van der Waals surface area (Å²) in [5.74, 6) is -1.28. The zero-order chi connectivity index (χ0) is 20.2. The van der Waals surface area contributed by atoms with E-state index in [1.165, 1.54) is 23.8 Å². The third-order valence-electron chi connectivity index (χ3n) is 5.83. The minimum absolute atomic E-state index is 0.00211. The molecule has 1 aromatic heterocycles. The van der Waals surface area contributed by atoms with Crippen molar-refractivity contribution in [3.8, 4) is 5.75 Å². The monoisotopic (exact) mass is 389 g/mol. The van der Waals surface area contributed by atoms with Crippen molar-refractivity contribution in [2.75, 3.05) is 25.1 Å². The van der Waals surface area contributed by atoms with Gasteiger partial charge in [0, 0.05) is 30.6 Å². The fourth-order valence-electron chi connectivity index (χ4n) is 4.17. The summed E-state index contributed by atoms with van der Waals surface area (Å²) in [6.45, 7) is 3.20. The van der Waals surface area contributed by atoms with Crippen LogP contribution in [0.5, 0.6) is 5.75 Å². The number of carboxylic acid groups (broad SMARTS) is 1. The molecule has 1 aromatic carbocycles. The number of anilines is 1. The van der Waals surface area contributed by atoms with Gasteiger partial charge in [0.2, 0.25) is 0 Å². The summed E-state index contributed by atoms with van der Waals surface area (Å²) in [6, 6.07) is 2.46. The summed E-state index contributed by atoms with van der Waals surface area (Å²) in [6.07, 6.45) is 2.42. The molecule has 0 spiro atoms. The first-order valence-electron chi connectivity index (χ1n) is 9.53. The molecule has 0 bridgehead atoms. The Morgan fingerprint density at radius 3 is 2.61 bits per heavy atom. The molecule has 1 aliphatic heterocycles. The number of carboxylic acids is 1. The number of aromatic nitrogens is 1. The van der Waals surface area contributed by atoms with E-state index in [0.29, 0.717) is 29.7 Å². The Morgan fingerprint density at radius 2 is 2.07 bits per heavy atom. The van der Waals surface area contributed by atoms with Gasteiger partial charge in [-0.1, -0.05) is 0 Å². The van der Waals surface area contributed by atoms with Gasteiger partial charge in [0.15, 0.2) is 11.6 Å². The summed E-state index contributed by atoms with van der Waals surface area (Å²) in [5.41, 5.74) is 5.86. The second kappa shape index (κ2) is 6.77. The summed E-state index contributed by atoms with van der Waals surface area (Å²) in [7, 11) is 1.45. The first kappa shape index (κ1) is 18.7. The Bertz CT molecular complexity index is 1010. The summed E-state index contributed by atoms with van der Waals surface area (Å²) in [4.78, 5) is 26.3. The van der Waals surface area contributed by atoms with Crippen molar-refractivity contribution in [2.24, 2.45) is 11.7 Å². The van der Waals surface area contributed by atoms with Crippen molar-refractivity contribution in [3.63, 3.8) is 0 Å². The van der Waals surface area contributed by atoms with Crippen LogP contribution < -0.4 is 20.9 Å². The largest absolute Gasteiger partial charge is 0.492 e. The van der Waals surface area contributed by atoms with Crippen LogP contribution in [0.2, 0.25) is 0 Å². The molecule has 1 saturated heterocycles. The molecule has 2 aliphatic rings.